The predicted molar refractivity (Wildman–Crippen MR) is 144 cm³/mol. The van der Waals surface area contributed by atoms with Gasteiger partial charge in [-0.25, -0.2) is 0 Å². The summed E-state index contributed by atoms with van der Waals surface area (Å²) in [5.41, 5.74) is 2.91. The Morgan fingerprint density at radius 1 is 1.09 bits per heavy atom. The van der Waals surface area contributed by atoms with Gasteiger partial charge < -0.3 is 20.1 Å². The van der Waals surface area contributed by atoms with Gasteiger partial charge >= 0.3 is 0 Å². The van der Waals surface area contributed by atoms with E-state index in [1.165, 1.54) is 0 Å². The second kappa shape index (κ2) is 9.88. The number of rotatable bonds is 7. The highest BCUT2D eigenvalue weighted by Crippen LogP contribution is 2.39. The molecule has 2 N–H and O–H groups in total. The van der Waals surface area contributed by atoms with Gasteiger partial charge in [0.05, 0.1) is 17.8 Å². The summed E-state index contributed by atoms with van der Waals surface area (Å²) in [5, 5.41) is 9.33. The number of fused-ring (bicyclic) bond motifs is 1. The second-order valence-electron chi connectivity index (χ2n) is 9.13. The summed E-state index contributed by atoms with van der Waals surface area (Å²) in [6.45, 7) is 4.82. The van der Waals surface area contributed by atoms with Crippen LogP contribution in [0, 0.1) is 0 Å². The average Bonchev–Trinajstić information content (AvgIpc) is 3.48. The minimum absolute atomic E-state index is 0.0380. The monoisotopic (exact) mass is 483 g/mol. The quantitative estimate of drug-likeness (QED) is 0.334. The maximum atomic E-state index is 13.0. The van der Waals surface area contributed by atoms with Crippen LogP contribution in [0.2, 0.25) is 0 Å². The second-order valence-corrected chi connectivity index (χ2v) is 9.52. The minimum atomic E-state index is -0.0900. The van der Waals surface area contributed by atoms with E-state index in [-0.39, 0.29) is 18.0 Å². The van der Waals surface area contributed by atoms with E-state index >= 15 is 0 Å². The van der Waals surface area contributed by atoms with Crippen LogP contribution in [0.1, 0.15) is 49.7 Å². The molecule has 0 aliphatic carbocycles. The number of benzene rings is 2. The Kier molecular flexibility index (Phi) is 6.51. The molecular formula is C28H29N5OS. The van der Waals surface area contributed by atoms with Crippen LogP contribution >= 0.6 is 12.2 Å². The average molecular weight is 484 g/mol. The molecule has 2 atom stereocenters. The lowest BCUT2D eigenvalue weighted by Crippen LogP contribution is -2.32. The van der Waals surface area contributed by atoms with E-state index in [0.717, 1.165) is 27.7 Å². The first-order chi connectivity index (χ1) is 17.0. The van der Waals surface area contributed by atoms with Crippen molar-refractivity contribution in [2.45, 2.75) is 38.4 Å². The Morgan fingerprint density at radius 3 is 2.66 bits per heavy atom. The predicted octanol–water partition coefficient (Wildman–Crippen LogP) is 5.62. The highest BCUT2D eigenvalue weighted by Gasteiger charge is 2.40. The topological polar surface area (TPSA) is 62.2 Å². The smallest absolute Gasteiger partial charge is 0.226 e. The van der Waals surface area contributed by atoms with Gasteiger partial charge in [0.1, 0.15) is 0 Å². The summed E-state index contributed by atoms with van der Waals surface area (Å²) in [6, 6.07) is 22.3. The van der Waals surface area contributed by atoms with Crippen LogP contribution in [0.25, 0.3) is 10.8 Å². The molecule has 178 valence electrons. The zero-order valence-corrected chi connectivity index (χ0v) is 20.7. The summed E-state index contributed by atoms with van der Waals surface area (Å²) in [6.07, 6.45) is 6.39. The van der Waals surface area contributed by atoms with Crippen LogP contribution in [0.15, 0.2) is 85.3 Å². The normalized spacial score (nSPS) is 17.7. The standard InChI is InChI=1S/C28H29N5OS/c1-19(2)32-16-13-21(18-32)27-26(24-11-5-6-15-29-24)31-28(35)33(27)17-14-25(34)30-23-12-7-9-20-8-3-4-10-22(20)23/h3-13,15-16,18-19,26-27H,14,17H2,1-2H3,(H,30,34)(H,31,35)/t26-,27+/m1/s1. The van der Waals surface area contributed by atoms with Gasteiger partial charge in [-0.1, -0.05) is 42.5 Å². The van der Waals surface area contributed by atoms with E-state index in [4.69, 9.17) is 12.2 Å². The molecule has 5 rings (SSSR count). The number of anilines is 1. The highest BCUT2D eigenvalue weighted by molar-refractivity contribution is 7.80. The molecule has 0 bridgehead atoms. The van der Waals surface area contributed by atoms with E-state index < -0.39 is 0 Å². The molecule has 3 heterocycles. The van der Waals surface area contributed by atoms with Gasteiger partial charge in [-0.05, 0) is 61.3 Å². The fourth-order valence-corrected chi connectivity index (χ4v) is 5.04. The van der Waals surface area contributed by atoms with Gasteiger partial charge in [0.25, 0.3) is 0 Å². The molecule has 7 heteroatoms. The number of amides is 1. The maximum Gasteiger partial charge on any atom is 0.226 e. The van der Waals surface area contributed by atoms with Gasteiger partial charge in [0, 0.05) is 48.7 Å². The minimum Gasteiger partial charge on any atom is -0.352 e. The van der Waals surface area contributed by atoms with Crippen molar-refractivity contribution in [3.63, 3.8) is 0 Å². The molecule has 1 amide bonds. The van der Waals surface area contributed by atoms with Gasteiger partial charge in [-0.2, -0.15) is 0 Å². The van der Waals surface area contributed by atoms with E-state index in [9.17, 15) is 4.79 Å². The molecular weight excluding hydrogens is 454 g/mol. The third kappa shape index (κ3) is 4.77. The molecule has 4 aromatic rings. The van der Waals surface area contributed by atoms with E-state index in [0.29, 0.717) is 24.1 Å². The number of pyridine rings is 1. The number of thiocarbonyl (C=S) groups is 1. The van der Waals surface area contributed by atoms with Crippen molar-refractivity contribution in [3.05, 3.63) is 96.6 Å². The van der Waals surface area contributed by atoms with Gasteiger partial charge in [0.2, 0.25) is 5.91 Å². The largest absolute Gasteiger partial charge is 0.352 e. The van der Waals surface area contributed by atoms with Gasteiger partial charge in [-0.15, -0.1) is 0 Å². The number of nitrogens with one attached hydrogen (secondary N) is 2. The zero-order chi connectivity index (χ0) is 24.4. The molecule has 1 aliphatic rings. The zero-order valence-electron chi connectivity index (χ0n) is 19.9. The van der Waals surface area contributed by atoms with E-state index in [1.54, 1.807) is 6.20 Å². The van der Waals surface area contributed by atoms with Crippen molar-refractivity contribution in [2.24, 2.45) is 0 Å². The molecule has 0 spiro atoms. The summed E-state index contributed by atoms with van der Waals surface area (Å²) in [5.74, 6) is -0.0380. The molecule has 1 aliphatic heterocycles. The fraction of sp³-hybridized carbons (Fsp3) is 0.250. The van der Waals surface area contributed by atoms with Crippen molar-refractivity contribution >= 4 is 39.7 Å². The number of nitrogens with zero attached hydrogens (tertiary/aromatic N) is 3. The summed E-state index contributed by atoms with van der Waals surface area (Å²) in [7, 11) is 0. The number of carbonyl (C=O) groups is 1. The maximum absolute atomic E-state index is 13.0. The van der Waals surface area contributed by atoms with Crippen LogP contribution in [-0.2, 0) is 4.79 Å². The number of hydrogen-bond donors (Lipinski definition) is 2. The lowest BCUT2D eigenvalue weighted by Gasteiger charge is -2.27. The molecule has 2 aromatic heterocycles. The van der Waals surface area contributed by atoms with Crippen LogP contribution in [0.4, 0.5) is 5.69 Å². The Balaban J connectivity index is 1.36. The van der Waals surface area contributed by atoms with Crippen LogP contribution in [-0.4, -0.2) is 32.0 Å². The van der Waals surface area contributed by atoms with E-state index in [1.807, 2.05) is 60.7 Å². The molecule has 2 aromatic carbocycles. The van der Waals surface area contributed by atoms with Crippen molar-refractivity contribution in [1.82, 2.24) is 19.8 Å². The summed E-state index contributed by atoms with van der Waals surface area (Å²) < 4.78 is 2.19. The molecule has 6 nitrogen and oxygen atoms in total. The first-order valence-corrected chi connectivity index (χ1v) is 12.3. The van der Waals surface area contributed by atoms with E-state index in [2.05, 4.69) is 57.4 Å². The third-order valence-electron chi connectivity index (χ3n) is 6.52. The van der Waals surface area contributed by atoms with Gasteiger partial charge in [-0.3, -0.25) is 9.78 Å². The van der Waals surface area contributed by atoms with Crippen molar-refractivity contribution in [3.8, 4) is 0 Å². The van der Waals surface area contributed by atoms with Crippen molar-refractivity contribution in [1.29, 1.82) is 0 Å². The molecule has 35 heavy (non-hydrogen) atoms. The molecule has 0 saturated carbocycles. The van der Waals surface area contributed by atoms with Gasteiger partial charge in [0.15, 0.2) is 5.11 Å². The van der Waals surface area contributed by atoms with Crippen LogP contribution in [0.3, 0.4) is 0 Å². The molecule has 0 radical (unpaired) electrons. The van der Waals surface area contributed by atoms with Crippen LogP contribution in [0.5, 0.6) is 0 Å². The number of hydrogen-bond acceptors (Lipinski definition) is 3. The Morgan fingerprint density at radius 2 is 1.89 bits per heavy atom. The third-order valence-corrected chi connectivity index (χ3v) is 6.87. The van der Waals surface area contributed by atoms with Crippen molar-refractivity contribution < 1.29 is 4.79 Å². The first-order valence-electron chi connectivity index (χ1n) is 11.9. The van der Waals surface area contributed by atoms with Crippen LogP contribution < -0.4 is 10.6 Å². The number of carbonyl (C=O) groups excluding carboxylic acids is 1. The Hall–Kier alpha value is -3.71. The SMILES string of the molecule is CC(C)n1ccc([C@H]2[C@@H](c3ccccn3)NC(=S)N2CCC(=O)Nc2cccc3ccccc23)c1. The first kappa shape index (κ1) is 23.1. The molecule has 1 saturated heterocycles. The molecule has 1 fully saturated rings. The number of aromatic nitrogens is 2. The highest BCUT2D eigenvalue weighted by atomic mass is 32.1. The fourth-order valence-electron chi connectivity index (χ4n) is 4.71. The summed E-state index contributed by atoms with van der Waals surface area (Å²) in [4.78, 5) is 19.7. The summed E-state index contributed by atoms with van der Waals surface area (Å²) >= 11 is 5.75. The molecule has 0 unspecified atom stereocenters. The Bertz CT molecular complexity index is 1340. The lowest BCUT2D eigenvalue weighted by molar-refractivity contribution is -0.116. The van der Waals surface area contributed by atoms with Crippen molar-refractivity contribution in [2.75, 3.05) is 11.9 Å². The Labute approximate surface area is 211 Å². The lowest BCUT2D eigenvalue weighted by atomic mass is 9.99.